The maximum atomic E-state index is 12.7. The maximum absolute atomic E-state index is 12.7. The van der Waals surface area contributed by atoms with Crippen molar-refractivity contribution in [2.24, 2.45) is 0 Å². The molecule has 1 saturated heterocycles. The van der Waals surface area contributed by atoms with E-state index < -0.39 is 11.7 Å². The minimum atomic E-state index is -4.39. The van der Waals surface area contributed by atoms with Crippen molar-refractivity contribution in [2.75, 3.05) is 17.8 Å². The van der Waals surface area contributed by atoms with E-state index in [9.17, 15) is 18.0 Å². The standard InChI is InChI=1S/C17H14F3NO2S/c1-23-14-4-2-3-11(9-14)16-21(15(22)10-24-16)13-7-5-12(6-8-13)17(18,19)20/h2-9,16H,10H2,1H3/t16-/m1/s1. The van der Waals surface area contributed by atoms with Crippen LogP contribution in [0, 0.1) is 0 Å². The van der Waals surface area contributed by atoms with E-state index in [1.807, 2.05) is 18.2 Å². The Kier molecular flexibility index (Phi) is 4.45. The van der Waals surface area contributed by atoms with E-state index in [0.29, 0.717) is 11.4 Å². The number of hydrogen-bond donors (Lipinski definition) is 0. The summed E-state index contributed by atoms with van der Waals surface area (Å²) in [5.41, 5.74) is 0.583. The van der Waals surface area contributed by atoms with Gasteiger partial charge in [0.25, 0.3) is 0 Å². The summed E-state index contributed by atoms with van der Waals surface area (Å²) in [6.45, 7) is 0. The molecule has 7 heteroatoms. The third-order valence-corrected chi connectivity index (χ3v) is 4.93. The second kappa shape index (κ2) is 6.39. The molecule has 3 nitrogen and oxygen atoms in total. The number of ether oxygens (including phenoxy) is 1. The van der Waals surface area contributed by atoms with Crippen molar-refractivity contribution in [1.82, 2.24) is 0 Å². The molecule has 0 radical (unpaired) electrons. The summed E-state index contributed by atoms with van der Waals surface area (Å²) in [5.74, 6) is 0.815. The largest absolute Gasteiger partial charge is 0.497 e. The minimum absolute atomic E-state index is 0.132. The van der Waals surface area contributed by atoms with Crippen LogP contribution in [0.3, 0.4) is 0 Å². The topological polar surface area (TPSA) is 29.5 Å². The molecular weight excluding hydrogens is 339 g/mol. The fourth-order valence-corrected chi connectivity index (χ4v) is 3.72. The van der Waals surface area contributed by atoms with Crippen LogP contribution in [-0.4, -0.2) is 18.8 Å². The highest BCUT2D eigenvalue weighted by Gasteiger charge is 2.35. The van der Waals surface area contributed by atoms with Crippen LogP contribution in [-0.2, 0) is 11.0 Å². The third kappa shape index (κ3) is 3.21. The number of amides is 1. The monoisotopic (exact) mass is 353 g/mol. The predicted molar refractivity (Wildman–Crippen MR) is 87.1 cm³/mol. The van der Waals surface area contributed by atoms with Crippen LogP contribution in [0.25, 0.3) is 0 Å². The number of carbonyl (C=O) groups excluding carboxylic acids is 1. The molecule has 1 aliphatic rings. The van der Waals surface area contributed by atoms with Gasteiger partial charge in [-0.3, -0.25) is 9.69 Å². The zero-order valence-electron chi connectivity index (χ0n) is 12.7. The SMILES string of the molecule is COc1cccc([C@H]2SCC(=O)N2c2ccc(C(F)(F)F)cc2)c1. The Bertz CT molecular complexity index is 746. The molecule has 3 rings (SSSR count). The Morgan fingerprint density at radius 3 is 2.50 bits per heavy atom. The molecule has 0 aromatic heterocycles. The lowest BCUT2D eigenvalue weighted by atomic mass is 10.1. The van der Waals surface area contributed by atoms with Crippen molar-refractivity contribution >= 4 is 23.4 Å². The van der Waals surface area contributed by atoms with E-state index in [1.165, 1.54) is 28.8 Å². The van der Waals surface area contributed by atoms with Gasteiger partial charge in [0.1, 0.15) is 11.1 Å². The Balaban J connectivity index is 1.93. The first-order valence-corrected chi connectivity index (χ1v) is 8.20. The van der Waals surface area contributed by atoms with Gasteiger partial charge < -0.3 is 4.74 Å². The van der Waals surface area contributed by atoms with Gasteiger partial charge in [-0.2, -0.15) is 13.2 Å². The Morgan fingerprint density at radius 1 is 1.17 bits per heavy atom. The van der Waals surface area contributed by atoms with Gasteiger partial charge in [-0.15, -0.1) is 11.8 Å². The number of methoxy groups -OCH3 is 1. The van der Waals surface area contributed by atoms with Crippen molar-refractivity contribution in [3.63, 3.8) is 0 Å². The molecule has 0 spiro atoms. The van der Waals surface area contributed by atoms with Crippen molar-refractivity contribution in [2.45, 2.75) is 11.6 Å². The summed E-state index contributed by atoms with van der Waals surface area (Å²) in [4.78, 5) is 13.8. The smallest absolute Gasteiger partial charge is 0.416 e. The molecule has 1 atom stereocenters. The summed E-state index contributed by atoms with van der Waals surface area (Å²) in [7, 11) is 1.56. The van der Waals surface area contributed by atoms with Crippen LogP contribution < -0.4 is 9.64 Å². The second-order valence-electron chi connectivity index (χ2n) is 5.25. The lowest BCUT2D eigenvalue weighted by molar-refractivity contribution is -0.137. The van der Waals surface area contributed by atoms with E-state index >= 15 is 0 Å². The molecule has 0 saturated carbocycles. The van der Waals surface area contributed by atoms with Gasteiger partial charge in [0.15, 0.2) is 0 Å². The zero-order valence-corrected chi connectivity index (χ0v) is 13.5. The molecule has 0 bridgehead atoms. The molecule has 126 valence electrons. The molecule has 0 unspecified atom stereocenters. The number of benzene rings is 2. The van der Waals surface area contributed by atoms with E-state index in [-0.39, 0.29) is 17.0 Å². The number of alkyl halides is 3. The first-order valence-electron chi connectivity index (χ1n) is 7.15. The number of thioether (sulfide) groups is 1. The molecule has 1 amide bonds. The molecule has 1 heterocycles. The van der Waals surface area contributed by atoms with Crippen LogP contribution in [0.1, 0.15) is 16.5 Å². The average molecular weight is 353 g/mol. The van der Waals surface area contributed by atoms with Crippen LogP contribution in [0.2, 0.25) is 0 Å². The van der Waals surface area contributed by atoms with Crippen molar-refractivity contribution in [3.8, 4) is 5.75 Å². The van der Waals surface area contributed by atoms with Gasteiger partial charge in [0, 0.05) is 5.69 Å². The molecular formula is C17H14F3NO2S. The number of carbonyl (C=O) groups is 1. The molecule has 2 aromatic rings. The normalized spacial score (nSPS) is 18.1. The van der Waals surface area contributed by atoms with Gasteiger partial charge in [-0.05, 0) is 42.0 Å². The summed E-state index contributed by atoms with van der Waals surface area (Å²) >= 11 is 1.43. The number of halogens is 3. The zero-order chi connectivity index (χ0) is 17.3. The van der Waals surface area contributed by atoms with Crippen LogP contribution >= 0.6 is 11.8 Å². The predicted octanol–water partition coefficient (Wildman–Crippen LogP) is 4.49. The molecule has 1 aliphatic heterocycles. The molecule has 2 aromatic carbocycles. The van der Waals surface area contributed by atoms with E-state index in [1.54, 1.807) is 13.2 Å². The lowest BCUT2D eigenvalue weighted by Crippen LogP contribution is -2.27. The van der Waals surface area contributed by atoms with Gasteiger partial charge in [-0.25, -0.2) is 0 Å². The quantitative estimate of drug-likeness (QED) is 0.814. The highest BCUT2D eigenvalue weighted by molar-refractivity contribution is 8.00. The molecule has 1 fully saturated rings. The molecule has 0 aliphatic carbocycles. The highest BCUT2D eigenvalue weighted by atomic mass is 32.2. The summed E-state index contributed by atoms with van der Waals surface area (Å²) in [6.07, 6.45) is -4.39. The van der Waals surface area contributed by atoms with E-state index in [4.69, 9.17) is 4.74 Å². The first kappa shape index (κ1) is 16.7. The third-order valence-electron chi connectivity index (χ3n) is 3.72. The fourth-order valence-electron chi connectivity index (χ4n) is 2.56. The number of hydrogen-bond acceptors (Lipinski definition) is 3. The van der Waals surface area contributed by atoms with Crippen molar-refractivity contribution < 1.29 is 22.7 Å². The van der Waals surface area contributed by atoms with Gasteiger partial charge >= 0.3 is 6.18 Å². The maximum Gasteiger partial charge on any atom is 0.416 e. The second-order valence-corrected chi connectivity index (χ2v) is 6.32. The molecule has 24 heavy (non-hydrogen) atoms. The minimum Gasteiger partial charge on any atom is -0.497 e. The van der Waals surface area contributed by atoms with E-state index in [2.05, 4.69) is 0 Å². The summed E-state index contributed by atoms with van der Waals surface area (Å²) < 4.78 is 43.3. The Hall–Kier alpha value is -2.15. The van der Waals surface area contributed by atoms with Crippen LogP contribution in [0.15, 0.2) is 48.5 Å². The Morgan fingerprint density at radius 2 is 1.88 bits per heavy atom. The number of anilines is 1. The average Bonchev–Trinajstić information content (AvgIpc) is 2.96. The fraction of sp³-hybridized carbons (Fsp3) is 0.235. The van der Waals surface area contributed by atoms with Crippen molar-refractivity contribution in [3.05, 3.63) is 59.7 Å². The number of nitrogens with zero attached hydrogens (tertiary/aromatic N) is 1. The Labute approximate surface area is 141 Å². The van der Waals surface area contributed by atoms with Crippen LogP contribution in [0.4, 0.5) is 18.9 Å². The van der Waals surface area contributed by atoms with Gasteiger partial charge in [0.2, 0.25) is 5.91 Å². The molecule has 0 N–H and O–H groups in total. The summed E-state index contributed by atoms with van der Waals surface area (Å²) in [5, 5.41) is -0.288. The first-order chi connectivity index (χ1) is 11.4. The van der Waals surface area contributed by atoms with Gasteiger partial charge in [0.05, 0.1) is 18.4 Å². The summed E-state index contributed by atoms with van der Waals surface area (Å²) in [6, 6.07) is 12.0. The number of rotatable bonds is 3. The van der Waals surface area contributed by atoms with Crippen molar-refractivity contribution in [1.29, 1.82) is 0 Å². The van der Waals surface area contributed by atoms with E-state index in [0.717, 1.165) is 17.7 Å². The van der Waals surface area contributed by atoms with Gasteiger partial charge in [-0.1, -0.05) is 12.1 Å². The highest BCUT2D eigenvalue weighted by Crippen LogP contribution is 2.43. The van der Waals surface area contributed by atoms with Crippen LogP contribution in [0.5, 0.6) is 5.75 Å². The lowest BCUT2D eigenvalue weighted by Gasteiger charge is -2.25.